The number of anilines is 1. The number of benzene rings is 3. The molecule has 2 N–H and O–H groups in total. The molecule has 57 heavy (non-hydrogen) atoms. The van der Waals surface area contributed by atoms with Crippen LogP contribution in [0.1, 0.15) is 57.5 Å². The summed E-state index contributed by atoms with van der Waals surface area (Å²) < 4.78 is 74.5. The SMILES string of the molecule is CCOC(=O)/C(O)=C/C(=O)c1ccc(COCCOCCOCCOCCN(c2cc3oc(-c4ccc(F)cc4)c(C(=O)NC)c3cc2C2CC2)S(C)(=O)=O)cc1. The summed E-state index contributed by atoms with van der Waals surface area (Å²) in [5.41, 5.74) is 3.51. The summed E-state index contributed by atoms with van der Waals surface area (Å²) in [4.78, 5) is 36.8. The molecule has 0 spiro atoms. The highest BCUT2D eigenvalue weighted by Crippen LogP contribution is 2.48. The predicted octanol–water partition coefficient (Wildman–Crippen LogP) is 5.70. The number of allylic oxidation sites excluding steroid dienone is 1. The fraction of sp³-hybridized carbons (Fsp3) is 0.390. The van der Waals surface area contributed by atoms with Crippen molar-refractivity contribution in [3.05, 3.63) is 101 Å². The number of aliphatic hydroxyl groups excluding tert-OH is 1. The number of esters is 1. The first-order valence-electron chi connectivity index (χ1n) is 18.5. The molecule has 5 rings (SSSR count). The molecule has 1 saturated carbocycles. The molecular weight excluding hydrogens is 764 g/mol. The van der Waals surface area contributed by atoms with Gasteiger partial charge >= 0.3 is 5.97 Å². The zero-order chi connectivity index (χ0) is 41.0. The number of rotatable bonds is 23. The molecule has 1 aromatic heterocycles. The highest BCUT2D eigenvalue weighted by Gasteiger charge is 2.33. The van der Waals surface area contributed by atoms with Crippen LogP contribution in [0.2, 0.25) is 0 Å². The number of carbonyl (C=O) groups is 3. The number of hydrogen-bond acceptors (Lipinski definition) is 12. The normalized spacial score (nSPS) is 13.2. The van der Waals surface area contributed by atoms with E-state index in [1.165, 1.54) is 35.6 Å². The van der Waals surface area contributed by atoms with Crippen LogP contribution in [0.5, 0.6) is 0 Å². The van der Waals surface area contributed by atoms with Crippen LogP contribution in [0.25, 0.3) is 22.3 Å². The zero-order valence-corrected chi connectivity index (χ0v) is 32.9. The number of halogens is 1. The third kappa shape index (κ3) is 11.9. The Morgan fingerprint density at radius 2 is 1.53 bits per heavy atom. The molecular formula is C41H47FN2O12S. The zero-order valence-electron chi connectivity index (χ0n) is 32.1. The molecule has 16 heteroatoms. The van der Waals surface area contributed by atoms with Crippen LogP contribution in [-0.4, -0.2) is 104 Å². The van der Waals surface area contributed by atoms with Gasteiger partial charge in [-0.05, 0) is 67.1 Å². The van der Waals surface area contributed by atoms with Crippen molar-refractivity contribution in [1.29, 1.82) is 0 Å². The predicted molar refractivity (Wildman–Crippen MR) is 209 cm³/mol. The Morgan fingerprint density at radius 3 is 2.11 bits per heavy atom. The second-order valence-corrected chi connectivity index (χ2v) is 15.0. The summed E-state index contributed by atoms with van der Waals surface area (Å²) in [6.45, 7) is 3.94. The Kier molecular flexibility index (Phi) is 15.3. The first kappa shape index (κ1) is 43.0. The van der Waals surface area contributed by atoms with Crippen molar-refractivity contribution in [3.63, 3.8) is 0 Å². The van der Waals surface area contributed by atoms with Gasteiger partial charge in [0.15, 0.2) is 5.78 Å². The molecule has 1 aliphatic carbocycles. The number of ether oxygens (including phenoxy) is 5. The van der Waals surface area contributed by atoms with E-state index in [4.69, 9.17) is 23.4 Å². The van der Waals surface area contributed by atoms with Gasteiger partial charge in [0, 0.05) is 35.7 Å². The van der Waals surface area contributed by atoms with Crippen LogP contribution in [-0.2, 0) is 45.1 Å². The second kappa shape index (κ2) is 20.3. The van der Waals surface area contributed by atoms with E-state index >= 15 is 0 Å². The van der Waals surface area contributed by atoms with Gasteiger partial charge in [-0.2, -0.15) is 0 Å². The Labute approximate surface area is 330 Å². The molecule has 0 bridgehead atoms. The van der Waals surface area contributed by atoms with Gasteiger partial charge in [-0.25, -0.2) is 17.6 Å². The van der Waals surface area contributed by atoms with E-state index in [1.807, 2.05) is 6.07 Å². The topological polar surface area (TPSA) is 180 Å². The van der Waals surface area contributed by atoms with E-state index in [1.54, 1.807) is 37.3 Å². The molecule has 14 nitrogen and oxygen atoms in total. The number of aliphatic hydroxyl groups is 1. The highest BCUT2D eigenvalue weighted by molar-refractivity contribution is 7.92. The van der Waals surface area contributed by atoms with E-state index in [0.717, 1.165) is 36.3 Å². The molecule has 0 radical (unpaired) electrons. The van der Waals surface area contributed by atoms with Crippen LogP contribution in [0, 0.1) is 5.82 Å². The number of sulfonamides is 1. The molecule has 3 aromatic carbocycles. The smallest absolute Gasteiger partial charge is 0.373 e. The molecule has 4 aromatic rings. The van der Waals surface area contributed by atoms with Crippen LogP contribution < -0.4 is 9.62 Å². The monoisotopic (exact) mass is 810 g/mol. The van der Waals surface area contributed by atoms with Gasteiger partial charge in [0.25, 0.3) is 5.91 Å². The van der Waals surface area contributed by atoms with E-state index in [9.17, 15) is 32.3 Å². The Balaban J connectivity index is 1.04. The molecule has 0 saturated heterocycles. The first-order chi connectivity index (χ1) is 27.4. The Hall–Kier alpha value is -5.13. The van der Waals surface area contributed by atoms with Crippen molar-refractivity contribution >= 4 is 44.3 Å². The minimum absolute atomic E-state index is 0.0439. The molecule has 1 aliphatic rings. The Bertz CT molecular complexity index is 2150. The van der Waals surface area contributed by atoms with E-state index < -0.39 is 33.4 Å². The summed E-state index contributed by atoms with van der Waals surface area (Å²) in [5, 5.41) is 12.9. The van der Waals surface area contributed by atoms with Crippen LogP contribution >= 0.6 is 0 Å². The molecule has 0 atom stereocenters. The summed E-state index contributed by atoms with van der Waals surface area (Å²) >= 11 is 0. The third-order valence-electron chi connectivity index (χ3n) is 8.90. The van der Waals surface area contributed by atoms with Crippen molar-refractivity contribution < 1.29 is 60.4 Å². The lowest BCUT2D eigenvalue weighted by Crippen LogP contribution is -2.34. The number of ketones is 1. The maximum atomic E-state index is 13.7. The lowest BCUT2D eigenvalue weighted by molar-refractivity contribution is -0.141. The Morgan fingerprint density at radius 1 is 0.912 bits per heavy atom. The van der Waals surface area contributed by atoms with E-state index in [-0.39, 0.29) is 50.6 Å². The number of furan rings is 1. The lowest BCUT2D eigenvalue weighted by Gasteiger charge is -2.25. The number of fused-ring (bicyclic) bond motifs is 1. The van der Waals surface area contributed by atoms with Gasteiger partial charge in [-0.3, -0.25) is 13.9 Å². The molecule has 1 heterocycles. The van der Waals surface area contributed by atoms with Gasteiger partial charge in [0.2, 0.25) is 15.8 Å². The largest absolute Gasteiger partial charge is 0.502 e. The number of carbonyl (C=O) groups excluding carboxylic acids is 3. The van der Waals surface area contributed by atoms with Crippen molar-refractivity contribution in [2.75, 3.05) is 77.0 Å². The van der Waals surface area contributed by atoms with Crippen molar-refractivity contribution in [2.45, 2.75) is 32.3 Å². The molecule has 1 amide bonds. The fourth-order valence-electron chi connectivity index (χ4n) is 5.94. The summed E-state index contributed by atoms with van der Waals surface area (Å²) in [6.07, 6.45) is 3.72. The summed E-state index contributed by atoms with van der Waals surface area (Å²) in [7, 11) is -2.23. The van der Waals surface area contributed by atoms with Gasteiger partial charge in [0.05, 0.1) is 83.5 Å². The van der Waals surface area contributed by atoms with Crippen LogP contribution in [0.15, 0.2) is 76.9 Å². The molecule has 306 valence electrons. The first-order valence-corrected chi connectivity index (χ1v) is 20.3. The lowest BCUT2D eigenvalue weighted by atomic mass is 10.0. The van der Waals surface area contributed by atoms with Crippen LogP contribution in [0.3, 0.4) is 0 Å². The maximum absolute atomic E-state index is 13.7. The second-order valence-electron chi connectivity index (χ2n) is 13.1. The third-order valence-corrected chi connectivity index (χ3v) is 10.1. The summed E-state index contributed by atoms with van der Waals surface area (Å²) in [6, 6.07) is 15.7. The van der Waals surface area contributed by atoms with Gasteiger partial charge in [0.1, 0.15) is 17.2 Å². The van der Waals surface area contributed by atoms with Crippen molar-refractivity contribution in [3.8, 4) is 11.3 Å². The van der Waals surface area contributed by atoms with E-state index in [0.29, 0.717) is 66.4 Å². The van der Waals surface area contributed by atoms with Crippen molar-refractivity contribution in [1.82, 2.24) is 5.32 Å². The van der Waals surface area contributed by atoms with Gasteiger partial charge < -0.3 is 38.5 Å². The van der Waals surface area contributed by atoms with Gasteiger partial charge in [-0.15, -0.1) is 0 Å². The van der Waals surface area contributed by atoms with Gasteiger partial charge in [-0.1, -0.05) is 24.3 Å². The quantitative estimate of drug-likeness (QED) is 0.0308. The minimum atomic E-state index is -3.74. The number of nitrogens with one attached hydrogen (secondary N) is 1. The molecule has 0 unspecified atom stereocenters. The average molecular weight is 811 g/mol. The van der Waals surface area contributed by atoms with Crippen LogP contribution in [0.4, 0.5) is 10.1 Å². The fourth-order valence-corrected chi connectivity index (χ4v) is 6.86. The summed E-state index contributed by atoms with van der Waals surface area (Å²) in [5.74, 6) is -2.66. The number of nitrogens with zero attached hydrogens (tertiary/aromatic N) is 1. The average Bonchev–Trinajstić information content (AvgIpc) is 3.97. The minimum Gasteiger partial charge on any atom is -0.502 e. The number of hydrogen-bond donors (Lipinski definition) is 2. The van der Waals surface area contributed by atoms with E-state index in [2.05, 4.69) is 10.1 Å². The molecule has 0 aliphatic heterocycles. The standard InChI is InChI=1S/C41H47FN2O12S/c1-4-55-41(48)36(46)25-35(45)29-7-5-27(6-8-29)26-54-22-21-53-20-19-52-18-17-51-16-15-44(57(3,49)50)34-24-37-33(23-32(34)28-9-10-28)38(40(47)43-2)39(56-37)30-11-13-31(42)14-12-30/h5-8,11-14,23-25,28,46H,4,9-10,15-22,26H2,1-3H3,(H,43,47)/b36-25-. The van der Waals surface area contributed by atoms with Crippen molar-refractivity contribution in [2.24, 2.45) is 0 Å². The number of amides is 1. The molecule has 1 fully saturated rings. The maximum Gasteiger partial charge on any atom is 0.373 e. The highest BCUT2D eigenvalue weighted by atomic mass is 32.2.